The van der Waals surface area contributed by atoms with Crippen LogP contribution < -0.4 is 0 Å². The third-order valence-corrected chi connectivity index (χ3v) is 3.34. The molecule has 2 heteroatoms. The van der Waals surface area contributed by atoms with Gasteiger partial charge >= 0.3 is 0 Å². The smallest absolute Gasteiger partial charge is 0.0502 e. The maximum absolute atomic E-state index is 5.99. The highest BCUT2D eigenvalue weighted by atomic mass is 35.5. The number of alkyl halides is 2. The SMILES string of the molecule is C[CH]C1CCC(Cl)C(Cl)C1. The van der Waals surface area contributed by atoms with Crippen molar-refractivity contribution in [3.8, 4) is 0 Å². The van der Waals surface area contributed by atoms with Crippen molar-refractivity contribution in [2.75, 3.05) is 0 Å². The Labute approximate surface area is 72.9 Å². The summed E-state index contributed by atoms with van der Waals surface area (Å²) in [5.74, 6) is 0.706. The lowest BCUT2D eigenvalue weighted by Crippen LogP contribution is -2.25. The van der Waals surface area contributed by atoms with E-state index in [9.17, 15) is 0 Å². The summed E-state index contributed by atoms with van der Waals surface area (Å²) in [5, 5.41) is 0.398. The second-order valence-corrected chi connectivity index (χ2v) is 4.06. The summed E-state index contributed by atoms with van der Waals surface area (Å²) in [5.41, 5.74) is 0. The first-order valence-corrected chi connectivity index (χ1v) is 4.69. The summed E-state index contributed by atoms with van der Waals surface area (Å²) in [6.45, 7) is 2.10. The third-order valence-electron chi connectivity index (χ3n) is 2.21. The van der Waals surface area contributed by atoms with Crippen molar-refractivity contribution in [3.05, 3.63) is 6.42 Å². The fraction of sp³-hybridized carbons (Fsp3) is 0.875. The van der Waals surface area contributed by atoms with E-state index < -0.39 is 0 Å². The minimum atomic E-state index is 0.191. The average molecular weight is 180 g/mol. The first-order valence-electron chi connectivity index (χ1n) is 3.81. The minimum absolute atomic E-state index is 0.191. The van der Waals surface area contributed by atoms with Gasteiger partial charge in [-0.05, 0) is 31.6 Å². The molecule has 0 N–H and O–H groups in total. The Kier molecular flexibility index (Phi) is 3.32. The summed E-state index contributed by atoms with van der Waals surface area (Å²) in [4.78, 5) is 0. The third kappa shape index (κ3) is 2.03. The lowest BCUT2D eigenvalue weighted by molar-refractivity contribution is 0.409. The second kappa shape index (κ2) is 3.82. The molecule has 0 saturated heterocycles. The van der Waals surface area contributed by atoms with Crippen LogP contribution in [0, 0.1) is 12.3 Å². The zero-order valence-corrected chi connectivity index (χ0v) is 7.70. The van der Waals surface area contributed by atoms with Gasteiger partial charge in [-0.15, -0.1) is 23.2 Å². The fourth-order valence-electron chi connectivity index (χ4n) is 1.41. The maximum Gasteiger partial charge on any atom is 0.0502 e. The highest BCUT2D eigenvalue weighted by molar-refractivity contribution is 6.30. The van der Waals surface area contributed by atoms with Gasteiger partial charge in [0.1, 0.15) is 0 Å². The molecule has 1 fully saturated rings. The van der Waals surface area contributed by atoms with Crippen LogP contribution in [0.15, 0.2) is 0 Å². The predicted molar refractivity (Wildman–Crippen MR) is 46.6 cm³/mol. The minimum Gasteiger partial charge on any atom is -0.121 e. The van der Waals surface area contributed by atoms with Crippen LogP contribution in [-0.2, 0) is 0 Å². The van der Waals surface area contributed by atoms with Gasteiger partial charge < -0.3 is 0 Å². The second-order valence-electron chi connectivity index (χ2n) is 2.94. The van der Waals surface area contributed by atoms with Crippen LogP contribution in [0.3, 0.4) is 0 Å². The lowest BCUT2D eigenvalue weighted by Gasteiger charge is -2.28. The maximum atomic E-state index is 5.99. The Hall–Kier alpha value is 0.580. The summed E-state index contributed by atoms with van der Waals surface area (Å²) < 4.78 is 0. The Bertz CT molecular complexity index is 103. The van der Waals surface area contributed by atoms with E-state index in [4.69, 9.17) is 23.2 Å². The van der Waals surface area contributed by atoms with Crippen LogP contribution in [0.5, 0.6) is 0 Å². The molecule has 1 rings (SSSR count). The van der Waals surface area contributed by atoms with Gasteiger partial charge in [0.2, 0.25) is 0 Å². The number of hydrogen-bond donors (Lipinski definition) is 0. The molecule has 3 unspecified atom stereocenters. The van der Waals surface area contributed by atoms with Crippen LogP contribution >= 0.6 is 23.2 Å². The van der Waals surface area contributed by atoms with Gasteiger partial charge in [0.25, 0.3) is 0 Å². The van der Waals surface area contributed by atoms with E-state index in [-0.39, 0.29) is 10.8 Å². The predicted octanol–water partition coefficient (Wildman–Crippen LogP) is 3.23. The Morgan fingerprint density at radius 3 is 2.40 bits per heavy atom. The summed E-state index contributed by atoms with van der Waals surface area (Å²) >= 11 is 11.9. The van der Waals surface area contributed by atoms with Gasteiger partial charge in [0.15, 0.2) is 0 Å². The standard InChI is InChI=1S/C8H13Cl2/c1-2-6-3-4-7(9)8(10)5-6/h2,6-8H,3-5H2,1H3. The molecule has 0 spiro atoms. The van der Waals surface area contributed by atoms with Gasteiger partial charge in [-0.3, -0.25) is 0 Å². The van der Waals surface area contributed by atoms with Crippen LogP contribution in [0.2, 0.25) is 0 Å². The Morgan fingerprint density at radius 1 is 1.20 bits per heavy atom. The fourth-order valence-corrected chi connectivity index (χ4v) is 2.00. The molecule has 1 aliphatic carbocycles. The molecule has 0 nitrogen and oxygen atoms in total. The number of hydrogen-bond acceptors (Lipinski definition) is 0. The van der Waals surface area contributed by atoms with Crippen molar-refractivity contribution >= 4 is 23.2 Å². The molecule has 0 aromatic heterocycles. The van der Waals surface area contributed by atoms with Crippen LogP contribution in [0.25, 0.3) is 0 Å². The van der Waals surface area contributed by atoms with Crippen molar-refractivity contribution in [1.29, 1.82) is 0 Å². The van der Waals surface area contributed by atoms with E-state index in [0.29, 0.717) is 5.92 Å². The molecule has 1 radical (unpaired) electrons. The normalized spacial score (nSPS) is 41.7. The zero-order chi connectivity index (χ0) is 7.56. The Morgan fingerprint density at radius 2 is 1.90 bits per heavy atom. The van der Waals surface area contributed by atoms with Crippen molar-refractivity contribution in [1.82, 2.24) is 0 Å². The zero-order valence-electron chi connectivity index (χ0n) is 6.19. The summed E-state index contributed by atoms with van der Waals surface area (Å²) in [6, 6.07) is 0. The van der Waals surface area contributed by atoms with E-state index in [0.717, 1.165) is 12.8 Å². The molecular formula is C8H13Cl2. The molecule has 1 saturated carbocycles. The van der Waals surface area contributed by atoms with Crippen molar-refractivity contribution in [3.63, 3.8) is 0 Å². The van der Waals surface area contributed by atoms with Gasteiger partial charge in [0.05, 0.1) is 5.38 Å². The van der Waals surface area contributed by atoms with Crippen molar-refractivity contribution in [2.45, 2.75) is 36.9 Å². The van der Waals surface area contributed by atoms with Crippen molar-refractivity contribution in [2.24, 2.45) is 5.92 Å². The molecule has 3 atom stereocenters. The first-order chi connectivity index (χ1) is 4.74. The molecule has 59 valence electrons. The monoisotopic (exact) mass is 179 g/mol. The van der Waals surface area contributed by atoms with Gasteiger partial charge in [0, 0.05) is 5.38 Å². The molecule has 0 bridgehead atoms. The van der Waals surface area contributed by atoms with Gasteiger partial charge in [-0.25, -0.2) is 0 Å². The highest BCUT2D eigenvalue weighted by Crippen LogP contribution is 2.32. The Balaban J connectivity index is 2.33. The summed E-state index contributed by atoms with van der Waals surface area (Å²) in [7, 11) is 0. The highest BCUT2D eigenvalue weighted by Gasteiger charge is 2.26. The van der Waals surface area contributed by atoms with Crippen LogP contribution in [0.1, 0.15) is 26.2 Å². The molecule has 0 aliphatic heterocycles. The van der Waals surface area contributed by atoms with Crippen molar-refractivity contribution < 1.29 is 0 Å². The molecule has 0 aromatic carbocycles. The lowest BCUT2D eigenvalue weighted by atomic mass is 9.87. The van der Waals surface area contributed by atoms with Gasteiger partial charge in [-0.1, -0.05) is 6.92 Å². The van der Waals surface area contributed by atoms with Crippen LogP contribution in [0.4, 0.5) is 0 Å². The number of halogens is 2. The van der Waals surface area contributed by atoms with E-state index in [1.54, 1.807) is 0 Å². The average Bonchev–Trinajstić information content (AvgIpc) is 1.95. The largest absolute Gasteiger partial charge is 0.121 e. The molecule has 1 aliphatic rings. The topological polar surface area (TPSA) is 0 Å². The molecule has 10 heavy (non-hydrogen) atoms. The van der Waals surface area contributed by atoms with E-state index >= 15 is 0 Å². The van der Waals surface area contributed by atoms with Gasteiger partial charge in [-0.2, -0.15) is 0 Å². The summed E-state index contributed by atoms with van der Waals surface area (Å²) in [6.07, 6.45) is 5.59. The van der Waals surface area contributed by atoms with E-state index in [1.807, 2.05) is 0 Å². The first kappa shape index (κ1) is 8.67. The molecule has 0 amide bonds. The molecule has 0 aromatic rings. The number of rotatable bonds is 1. The molecular weight excluding hydrogens is 167 g/mol. The van der Waals surface area contributed by atoms with E-state index in [1.165, 1.54) is 6.42 Å². The molecule has 0 heterocycles. The van der Waals surface area contributed by atoms with Crippen LogP contribution in [-0.4, -0.2) is 10.8 Å². The quantitative estimate of drug-likeness (QED) is 0.543. The van der Waals surface area contributed by atoms with E-state index in [2.05, 4.69) is 13.3 Å².